The van der Waals surface area contributed by atoms with Gasteiger partial charge >= 0.3 is 0 Å². The molecule has 2 heterocycles. The van der Waals surface area contributed by atoms with E-state index in [9.17, 15) is 9.59 Å². The van der Waals surface area contributed by atoms with Gasteiger partial charge in [0.25, 0.3) is 5.91 Å². The predicted molar refractivity (Wildman–Crippen MR) is 124 cm³/mol. The highest BCUT2D eigenvalue weighted by Gasteiger charge is 2.23. The van der Waals surface area contributed by atoms with Gasteiger partial charge in [-0.3, -0.25) is 14.9 Å². The molecular formula is C21H16Cl3N3O3S. The zero-order valence-electron chi connectivity index (χ0n) is 16.2. The summed E-state index contributed by atoms with van der Waals surface area (Å²) >= 11 is 19.5. The van der Waals surface area contributed by atoms with Crippen molar-refractivity contribution in [1.82, 2.24) is 10.3 Å². The second kappa shape index (κ2) is 9.04. The highest BCUT2D eigenvalue weighted by Crippen LogP contribution is 2.37. The van der Waals surface area contributed by atoms with E-state index in [-0.39, 0.29) is 32.6 Å². The van der Waals surface area contributed by atoms with Crippen LogP contribution in [0.4, 0.5) is 5.13 Å². The minimum Gasteiger partial charge on any atom is -0.493 e. The molecule has 1 atom stereocenters. The van der Waals surface area contributed by atoms with Gasteiger partial charge in [-0.1, -0.05) is 34.8 Å². The molecule has 2 amide bonds. The zero-order valence-corrected chi connectivity index (χ0v) is 19.3. The Labute approximate surface area is 197 Å². The molecule has 1 aliphatic rings. The van der Waals surface area contributed by atoms with E-state index < -0.39 is 5.91 Å². The molecule has 1 unspecified atom stereocenters. The first kappa shape index (κ1) is 21.9. The van der Waals surface area contributed by atoms with Crippen LogP contribution in [0.25, 0.3) is 11.3 Å². The van der Waals surface area contributed by atoms with Gasteiger partial charge in [-0.05, 0) is 30.3 Å². The number of aromatic nitrogens is 1. The summed E-state index contributed by atoms with van der Waals surface area (Å²) in [6, 6.07) is 8.62. The Morgan fingerprint density at radius 3 is 2.71 bits per heavy atom. The van der Waals surface area contributed by atoms with Crippen LogP contribution in [0.15, 0.2) is 35.7 Å². The van der Waals surface area contributed by atoms with Crippen molar-refractivity contribution in [2.75, 3.05) is 11.9 Å². The lowest BCUT2D eigenvalue weighted by Gasteiger charge is -2.26. The summed E-state index contributed by atoms with van der Waals surface area (Å²) in [4.78, 5) is 28.7. The average Bonchev–Trinajstić information content (AvgIpc) is 3.19. The Morgan fingerprint density at radius 2 is 1.94 bits per heavy atom. The first-order valence-corrected chi connectivity index (χ1v) is 11.3. The third-order valence-electron chi connectivity index (χ3n) is 4.72. The molecule has 0 radical (unpaired) electrons. The Morgan fingerprint density at radius 1 is 1.16 bits per heavy atom. The maximum Gasteiger partial charge on any atom is 0.260 e. The summed E-state index contributed by atoms with van der Waals surface area (Å²) < 4.78 is 5.70. The number of nitrogens with one attached hydrogen (secondary N) is 2. The van der Waals surface area contributed by atoms with Crippen molar-refractivity contribution in [3.05, 3.63) is 61.9 Å². The fourth-order valence-corrected chi connectivity index (χ4v) is 4.72. The lowest BCUT2D eigenvalue weighted by atomic mass is 9.97. The number of halogens is 3. The standard InChI is InChI=1S/C21H16Cl3N3O3S/c1-10(28)25-15-6-7-30-17-5-2-11(8-12(15)17)16-9-31-21(26-16)27-20(29)18-13(22)3-4-14(23)19(18)24/h2-5,8-9,15H,6-7H2,1H3,(H,25,28)(H,26,27,29). The quantitative estimate of drug-likeness (QED) is 0.435. The van der Waals surface area contributed by atoms with Crippen molar-refractivity contribution < 1.29 is 14.3 Å². The van der Waals surface area contributed by atoms with Crippen LogP contribution in [0.5, 0.6) is 5.75 Å². The van der Waals surface area contributed by atoms with Gasteiger partial charge in [0.1, 0.15) is 5.75 Å². The van der Waals surface area contributed by atoms with Crippen molar-refractivity contribution >= 4 is 63.1 Å². The molecule has 6 nitrogen and oxygen atoms in total. The molecule has 0 saturated carbocycles. The van der Waals surface area contributed by atoms with E-state index in [1.807, 2.05) is 23.6 Å². The summed E-state index contributed by atoms with van der Waals surface area (Å²) in [6.07, 6.45) is 0.690. The third-order valence-corrected chi connectivity index (χ3v) is 6.60. The van der Waals surface area contributed by atoms with E-state index in [1.165, 1.54) is 30.4 Å². The Hall–Kier alpha value is -2.32. The number of hydrogen-bond donors (Lipinski definition) is 2. The van der Waals surface area contributed by atoms with Crippen LogP contribution >= 0.6 is 46.1 Å². The van der Waals surface area contributed by atoms with Crippen molar-refractivity contribution in [2.24, 2.45) is 0 Å². The largest absolute Gasteiger partial charge is 0.493 e. The summed E-state index contributed by atoms with van der Waals surface area (Å²) in [6.45, 7) is 2.03. The SMILES string of the molecule is CC(=O)NC1CCOc2ccc(-c3csc(NC(=O)c4c(Cl)ccc(Cl)c4Cl)n3)cc21. The molecule has 2 aromatic carbocycles. The van der Waals surface area contributed by atoms with Crippen LogP contribution in [0, 0.1) is 0 Å². The van der Waals surface area contributed by atoms with Crippen molar-refractivity contribution in [3.8, 4) is 17.0 Å². The maximum absolute atomic E-state index is 12.7. The molecule has 4 rings (SSSR count). The molecular weight excluding hydrogens is 481 g/mol. The zero-order chi connectivity index (χ0) is 22.1. The summed E-state index contributed by atoms with van der Waals surface area (Å²) in [7, 11) is 0. The second-order valence-corrected chi connectivity index (χ2v) is 8.90. The van der Waals surface area contributed by atoms with E-state index in [4.69, 9.17) is 39.5 Å². The number of carbonyl (C=O) groups excluding carboxylic acids is 2. The lowest BCUT2D eigenvalue weighted by molar-refractivity contribution is -0.119. The minimum absolute atomic E-state index is 0.0853. The van der Waals surface area contributed by atoms with Gasteiger partial charge in [0.05, 0.1) is 39.0 Å². The molecule has 3 aromatic rings. The van der Waals surface area contributed by atoms with Crippen molar-refractivity contribution in [2.45, 2.75) is 19.4 Å². The molecule has 10 heteroatoms. The Bertz CT molecular complexity index is 1180. The molecule has 0 aliphatic carbocycles. The number of ether oxygens (including phenoxy) is 1. The van der Waals surface area contributed by atoms with E-state index in [1.54, 1.807) is 0 Å². The fourth-order valence-electron chi connectivity index (χ4n) is 3.31. The van der Waals surface area contributed by atoms with Gasteiger partial charge in [-0.25, -0.2) is 4.98 Å². The average molecular weight is 497 g/mol. The van der Waals surface area contributed by atoms with Crippen LogP contribution in [-0.4, -0.2) is 23.4 Å². The minimum atomic E-state index is -0.497. The van der Waals surface area contributed by atoms with Crippen LogP contribution < -0.4 is 15.4 Å². The maximum atomic E-state index is 12.7. The first-order valence-electron chi connectivity index (χ1n) is 9.28. The Balaban J connectivity index is 1.58. The van der Waals surface area contributed by atoms with Crippen molar-refractivity contribution in [1.29, 1.82) is 0 Å². The summed E-state index contributed by atoms with van der Waals surface area (Å²) in [5, 5.41) is 8.40. The fraction of sp³-hybridized carbons (Fsp3) is 0.190. The molecule has 2 N–H and O–H groups in total. The van der Waals surface area contributed by atoms with Crippen molar-refractivity contribution in [3.63, 3.8) is 0 Å². The van der Waals surface area contributed by atoms with E-state index in [0.29, 0.717) is 23.9 Å². The normalized spacial score (nSPS) is 15.0. The molecule has 0 spiro atoms. The predicted octanol–water partition coefficient (Wildman–Crippen LogP) is 5.98. The smallest absolute Gasteiger partial charge is 0.260 e. The molecule has 1 aromatic heterocycles. The summed E-state index contributed by atoms with van der Waals surface area (Å²) in [5.41, 5.74) is 2.51. The van der Waals surface area contributed by atoms with Gasteiger partial charge in [-0.2, -0.15) is 0 Å². The number of amides is 2. The van der Waals surface area contributed by atoms with Gasteiger partial charge < -0.3 is 10.1 Å². The molecule has 160 valence electrons. The van der Waals surface area contributed by atoms with Gasteiger partial charge in [-0.15, -0.1) is 11.3 Å². The van der Waals surface area contributed by atoms with E-state index in [2.05, 4.69) is 15.6 Å². The molecule has 0 saturated heterocycles. The number of nitrogens with zero attached hydrogens (tertiary/aromatic N) is 1. The number of hydrogen-bond acceptors (Lipinski definition) is 5. The molecule has 31 heavy (non-hydrogen) atoms. The molecule has 0 bridgehead atoms. The number of carbonyl (C=O) groups is 2. The monoisotopic (exact) mass is 495 g/mol. The van der Waals surface area contributed by atoms with Gasteiger partial charge in [0, 0.05) is 29.9 Å². The highest BCUT2D eigenvalue weighted by atomic mass is 35.5. The number of anilines is 1. The molecule has 0 fully saturated rings. The first-order chi connectivity index (χ1) is 14.8. The second-order valence-electron chi connectivity index (χ2n) is 6.85. The van der Waals surface area contributed by atoms with Crippen LogP contribution in [0.1, 0.15) is 35.3 Å². The van der Waals surface area contributed by atoms with Crippen LogP contribution in [-0.2, 0) is 4.79 Å². The number of benzene rings is 2. The number of fused-ring (bicyclic) bond motifs is 1. The van der Waals surface area contributed by atoms with E-state index in [0.717, 1.165) is 16.9 Å². The number of thiazole rings is 1. The van der Waals surface area contributed by atoms with Crippen LogP contribution in [0.3, 0.4) is 0 Å². The van der Waals surface area contributed by atoms with E-state index >= 15 is 0 Å². The number of rotatable bonds is 4. The van der Waals surface area contributed by atoms with Crippen LogP contribution in [0.2, 0.25) is 15.1 Å². The van der Waals surface area contributed by atoms with Gasteiger partial charge in [0.2, 0.25) is 5.91 Å². The lowest BCUT2D eigenvalue weighted by Crippen LogP contribution is -2.30. The molecule has 1 aliphatic heterocycles. The van der Waals surface area contributed by atoms with Gasteiger partial charge in [0.15, 0.2) is 5.13 Å². The topological polar surface area (TPSA) is 80.3 Å². The highest BCUT2D eigenvalue weighted by molar-refractivity contribution is 7.14. The summed E-state index contributed by atoms with van der Waals surface area (Å²) in [5.74, 6) is 0.144. The Kier molecular flexibility index (Phi) is 6.39. The third kappa shape index (κ3) is 4.65.